The fourth-order valence-electron chi connectivity index (χ4n) is 3.69. The molecule has 2 aromatic rings. The van der Waals surface area contributed by atoms with Crippen LogP contribution in [-0.2, 0) is 4.74 Å². The molecule has 5 nitrogen and oxygen atoms in total. The van der Waals surface area contributed by atoms with Gasteiger partial charge >= 0.3 is 5.97 Å². The number of rotatable bonds is 4. The van der Waals surface area contributed by atoms with Crippen LogP contribution in [0, 0.1) is 12.3 Å². The van der Waals surface area contributed by atoms with Gasteiger partial charge in [-0.1, -0.05) is 18.2 Å². The maximum atomic E-state index is 12.7. The van der Waals surface area contributed by atoms with E-state index in [1.165, 1.54) is 0 Å². The van der Waals surface area contributed by atoms with Crippen LogP contribution in [0.2, 0.25) is 0 Å². The second-order valence-corrected chi connectivity index (χ2v) is 7.48. The van der Waals surface area contributed by atoms with E-state index < -0.39 is 0 Å². The van der Waals surface area contributed by atoms with Gasteiger partial charge in [0.2, 0.25) is 0 Å². The number of nitrogens with one attached hydrogen (secondary N) is 1. The van der Waals surface area contributed by atoms with Crippen molar-refractivity contribution in [2.75, 3.05) is 25.6 Å². The second kappa shape index (κ2) is 7.67. The molecule has 4 rings (SSSR count). The number of hydrogen-bond donors (Lipinski definition) is 1. The molecule has 0 atom stereocenters. The van der Waals surface area contributed by atoms with E-state index in [0.29, 0.717) is 28.9 Å². The average Bonchev–Trinajstić information content (AvgIpc) is 2.73. The Bertz CT molecular complexity index is 1290. The highest BCUT2D eigenvalue weighted by Crippen LogP contribution is 2.42. The minimum absolute atomic E-state index is 0.312. The molecule has 0 saturated heterocycles. The smallest absolute Gasteiger partial charge is 0.338 e. The van der Waals surface area contributed by atoms with Crippen molar-refractivity contribution in [1.29, 1.82) is 5.41 Å². The highest BCUT2D eigenvalue weighted by atomic mass is 16.5. The average molecular weight is 400 g/mol. The van der Waals surface area contributed by atoms with Crippen LogP contribution in [0.5, 0.6) is 0 Å². The van der Waals surface area contributed by atoms with Crippen LogP contribution in [0.3, 0.4) is 0 Å². The molecule has 0 amide bonds. The number of nitrogens with zero attached hydrogens (tertiary/aromatic N) is 1. The van der Waals surface area contributed by atoms with Crippen LogP contribution in [0.4, 0.5) is 5.69 Å². The van der Waals surface area contributed by atoms with Gasteiger partial charge in [0, 0.05) is 48.4 Å². The van der Waals surface area contributed by atoms with Gasteiger partial charge in [-0.15, -0.1) is 0 Å². The Hall–Kier alpha value is -3.60. The molecule has 0 radical (unpaired) electrons. The Morgan fingerprint density at radius 1 is 1.07 bits per heavy atom. The fraction of sp³-hybridized carbons (Fsp3) is 0.200. The van der Waals surface area contributed by atoms with Crippen LogP contribution in [-0.4, -0.2) is 26.7 Å². The number of hydrogen-bond acceptors (Lipinski definition) is 5. The van der Waals surface area contributed by atoms with E-state index in [1.807, 2.05) is 68.4 Å². The van der Waals surface area contributed by atoms with Crippen molar-refractivity contribution in [1.82, 2.24) is 0 Å². The van der Waals surface area contributed by atoms with Crippen molar-refractivity contribution in [3.05, 3.63) is 71.1 Å². The molecule has 1 N–H and O–H groups in total. The molecule has 1 aliphatic carbocycles. The summed E-state index contributed by atoms with van der Waals surface area (Å²) in [5.41, 5.74) is 5.62. The Balaban J connectivity index is 2.14. The third-order valence-corrected chi connectivity index (χ3v) is 5.26. The first-order valence-corrected chi connectivity index (χ1v) is 9.90. The SMILES string of the molecule is CCOC(=O)c1ccccc1-c1c2cc(C)c(=N)cc-2oc2cc(N(C)C)ccc12. The largest absolute Gasteiger partial charge is 0.462 e. The maximum absolute atomic E-state index is 12.7. The van der Waals surface area contributed by atoms with Crippen molar-refractivity contribution >= 4 is 22.6 Å². The zero-order valence-corrected chi connectivity index (χ0v) is 17.6. The van der Waals surface area contributed by atoms with Gasteiger partial charge < -0.3 is 19.5 Å². The number of carbonyl (C=O) groups is 1. The zero-order chi connectivity index (χ0) is 21.4. The molecule has 152 valence electrons. The topological polar surface area (TPSA) is 66.5 Å². The Labute approximate surface area is 175 Å². The Morgan fingerprint density at radius 3 is 2.57 bits per heavy atom. The standard InChI is InChI=1S/C25H24N2O3/c1-5-29-25(28)18-9-7-6-8-17(18)24-19-11-10-16(27(3)4)13-22(19)30-23-14-21(26)15(2)12-20(23)24/h6-14,26H,5H2,1-4H3. The number of ether oxygens (including phenoxy) is 1. The molecule has 0 spiro atoms. The van der Waals surface area contributed by atoms with Crippen molar-refractivity contribution in [2.24, 2.45) is 0 Å². The van der Waals surface area contributed by atoms with E-state index in [0.717, 1.165) is 33.3 Å². The number of esters is 1. The molecule has 1 heterocycles. The van der Waals surface area contributed by atoms with E-state index in [4.69, 9.17) is 14.6 Å². The first kappa shape index (κ1) is 19.7. The Morgan fingerprint density at radius 2 is 1.83 bits per heavy atom. The predicted octanol–water partition coefficient (Wildman–Crippen LogP) is 5.24. The van der Waals surface area contributed by atoms with Gasteiger partial charge in [-0.05, 0) is 49.2 Å². The van der Waals surface area contributed by atoms with Crippen molar-refractivity contribution in [2.45, 2.75) is 13.8 Å². The summed E-state index contributed by atoms with van der Waals surface area (Å²) in [5, 5.41) is 9.54. The van der Waals surface area contributed by atoms with E-state index in [1.54, 1.807) is 19.1 Å². The van der Waals surface area contributed by atoms with Gasteiger partial charge in [0.1, 0.15) is 11.3 Å². The summed E-state index contributed by atoms with van der Waals surface area (Å²) < 4.78 is 11.5. The van der Waals surface area contributed by atoms with Crippen molar-refractivity contribution in [3.8, 4) is 22.5 Å². The van der Waals surface area contributed by atoms with Crippen LogP contribution < -0.4 is 10.3 Å². The maximum Gasteiger partial charge on any atom is 0.338 e. The van der Waals surface area contributed by atoms with Crippen LogP contribution in [0.25, 0.3) is 33.4 Å². The third-order valence-electron chi connectivity index (χ3n) is 5.26. The molecule has 2 aliphatic rings. The number of benzene rings is 3. The lowest BCUT2D eigenvalue weighted by atomic mass is 9.90. The monoisotopic (exact) mass is 400 g/mol. The summed E-state index contributed by atoms with van der Waals surface area (Å²) in [6, 6.07) is 17.2. The summed E-state index contributed by atoms with van der Waals surface area (Å²) in [6.07, 6.45) is 0. The number of anilines is 1. The predicted molar refractivity (Wildman–Crippen MR) is 119 cm³/mol. The number of carbonyl (C=O) groups excluding carboxylic acids is 1. The van der Waals surface area contributed by atoms with E-state index in [9.17, 15) is 4.79 Å². The minimum atomic E-state index is -0.353. The normalized spacial score (nSPS) is 11.1. The molecule has 2 aromatic carbocycles. The summed E-state index contributed by atoms with van der Waals surface area (Å²) in [4.78, 5) is 14.7. The van der Waals surface area contributed by atoms with Crippen molar-refractivity contribution in [3.63, 3.8) is 0 Å². The van der Waals surface area contributed by atoms with E-state index >= 15 is 0 Å². The molecule has 30 heavy (non-hydrogen) atoms. The van der Waals surface area contributed by atoms with Crippen molar-refractivity contribution < 1.29 is 13.9 Å². The lowest BCUT2D eigenvalue weighted by Gasteiger charge is -2.19. The molecule has 0 bridgehead atoms. The van der Waals surface area contributed by atoms with E-state index in [2.05, 4.69) is 0 Å². The van der Waals surface area contributed by atoms with Gasteiger partial charge in [-0.25, -0.2) is 4.79 Å². The summed E-state index contributed by atoms with van der Waals surface area (Å²) in [6.45, 7) is 4.02. The molecule has 1 aliphatic heterocycles. The first-order valence-electron chi connectivity index (χ1n) is 9.90. The number of aryl methyl sites for hydroxylation is 1. The van der Waals surface area contributed by atoms with E-state index in [-0.39, 0.29) is 5.97 Å². The van der Waals surface area contributed by atoms with Gasteiger partial charge in [-0.2, -0.15) is 0 Å². The fourth-order valence-corrected chi connectivity index (χ4v) is 3.69. The summed E-state index contributed by atoms with van der Waals surface area (Å²) >= 11 is 0. The lowest BCUT2D eigenvalue weighted by molar-refractivity contribution is 0.0527. The summed E-state index contributed by atoms with van der Waals surface area (Å²) in [7, 11) is 3.95. The molecular weight excluding hydrogens is 376 g/mol. The molecule has 0 aromatic heterocycles. The molecular formula is C25H24N2O3. The highest BCUT2D eigenvalue weighted by molar-refractivity contribution is 6.08. The van der Waals surface area contributed by atoms with Crippen LogP contribution in [0.1, 0.15) is 22.8 Å². The lowest BCUT2D eigenvalue weighted by Crippen LogP contribution is -2.10. The third kappa shape index (κ3) is 3.32. The van der Waals surface area contributed by atoms with Gasteiger partial charge in [-0.3, -0.25) is 0 Å². The summed E-state index contributed by atoms with van der Waals surface area (Å²) in [5.74, 6) is 0.261. The number of fused-ring (bicyclic) bond motifs is 2. The molecule has 0 saturated carbocycles. The Kier molecular flexibility index (Phi) is 5.04. The van der Waals surface area contributed by atoms with Gasteiger partial charge in [0.25, 0.3) is 0 Å². The minimum Gasteiger partial charge on any atom is -0.462 e. The quantitative estimate of drug-likeness (QED) is 0.376. The molecule has 5 heteroatoms. The van der Waals surface area contributed by atoms with Gasteiger partial charge in [0.15, 0.2) is 0 Å². The van der Waals surface area contributed by atoms with Crippen LogP contribution >= 0.6 is 0 Å². The molecule has 0 fully saturated rings. The zero-order valence-electron chi connectivity index (χ0n) is 17.6. The second-order valence-electron chi connectivity index (χ2n) is 7.48. The van der Waals surface area contributed by atoms with Crippen LogP contribution in [0.15, 0.2) is 59.0 Å². The van der Waals surface area contributed by atoms with Gasteiger partial charge in [0.05, 0.1) is 17.5 Å². The first-order chi connectivity index (χ1) is 14.4. The highest BCUT2D eigenvalue weighted by Gasteiger charge is 2.22. The molecule has 0 unspecified atom stereocenters.